The number of aromatic nitrogens is 1. The van der Waals surface area contributed by atoms with Crippen LogP contribution in [0, 0.1) is 0 Å². The second-order valence-corrected chi connectivity index (χ2v) is 5.09. The lowest BCUT2D eigenvalue weighted by Gasteiger charge is -2.04. The summed E-state index contributed by atoms with van der Waals surface area (Å²) in [5, 5.41) is 2.85. The van der Waals surface area contributed by atoms with E-state index in [-0.39, 0.29) is 11.9 Å². The minimum absolute atomic E-state index is 0.116. The summed E-state index contributed by atoms with van der Waals surface area (Å²) in [7, 11) is 1.38. The van der Waals surface area contributed by atoms with E-state index in [0.717, 1.165) is 22.5 Å². The van der Waals surface area contributed by atoms with E-state index in [2.05, 4.69) is 15.0 Å². The lowest BCUT2D eigenvalue weighted by atomic mass is 10.0. The predicted molar refractivity (Wildman–Crippen MR) is 84.1 cm³/mol. The van der Waals surface area contributed by atoms with Crippen LogP contribution in [0.3, 0.4) is 0 Å². The van der Waals surface area contributed by atoms with Gasteiger partial charge < -0.3 is 15.0 Å². The summed E-state index contributed by atoms with van der Waals surface area (Å²) in [4.78, 5) is 26.4. The molecule has 0 bridgehead atoms. The van der Waals surface area contributed by atoms with Crippen LogP contribution in [0.5, 0.6) is 0 Å². The van der Waals surface area contributed by atoms with Crippen LogP contribution in [0.15, 0.2) is 36.5 Å². The van der Waals surface area contributed by atoms with Crippen LogP contribution >= 0.6 is 0 Å². The lowest BCUT2D eigenvalue weighted by Crippen LogP contribution is -2.03. The molecule has 0 saturated heterocycles. The molecular formula is C17H16N2O3. The number of nitrogens with one attached hydrogen (secondary N) is 2. The number of carbonyl (C=O) groups is 2. The van der Waals surface area contributed by atoms with Crippen molar-refractivity contribution in [2.45, 2.75) is 12.8 Å². The van der Waals surface area contributed by atoms with Gasteiger partial charge in [0.25, 0.3) is 5.91 Å². The molecule has 5 nitrogen and oxygen atoms in total. The zero-order chi connectivity index (χ0) is 15.5. The lowest BCUT2D eigenvalue weighted by molar-refractivity contribution is -0.140. The first-order valence-corrected chi connectivity index (χ1v) is 7.04. The Labute approximate surface area is 128 Å². The van der Waals surface area contributed by atoms with Crippen molar-refractivity contribution in [1.29, 1.82) is 0 Å². The number of carbonyl (C=O) groups excluding carboxylic acids is 2. The molecule has 0 spiro atoms. The maximum absolute atomic E-state index is 12.1. The number of H-pyrrole nitrogens is 1. The molecule has 2 aromatic rings. The first-order chi connectivity index (χ1) is 10.7. The molecule has 1 aliphatic rings. The van der Waals surface area contributed by atoms with Crippen molar-refractivity contribution >= 4 is 29.2 Å². The third kappa shape index (κ3) is 2.79. The van der Waals surface area contributed by atoms with Crippen molar-refractivity contribution in [1.82, 2.24) is 4.98 Å². The number of fused-ring (bicyclic) bond motifs is 1. The van der Waals surface area contributed by atoms with E-state index in [1.165, 1.54) is 7.11 Å². The molecule has 22 heavy (non-hydrogen) atoms. The van der Waals surface area contributed by atoms with Crippen LogP contribution < -0.4 is 5.32 Å². The first kappa shape index (κ1) is 14.1. The fourth-order valence-electron chi connectivity index (χ4n) is 2.47. The maximum Gasteiger partial charge on any atom is 0.305 e. The second kappa shape index (κ2) is 5.89. The van der Waals surface area contributed by atoms with Gasteiger partial charge in [0, 0.05) is 29.6 Å². The Kier molecular flexibility index (Phi) is 3.78. The Hall–Kier alpha value is -2.82. The van der Waals surface area contributed by atoms with Gasteiger partial charge >= 0.3 is 5.97 Å². The van der Waals surface area contributed by atoms with Crippen LogP contribution in [0.25, 0.3) is 11.6 Å². The Bertz CT molecular complexity index is 745. The number of amides is 1. The molecule has 2 heterocycles. The summed E-state index contributed by atoms with van der Waals surface area (Å²) in [5.41, 5.74) is 4.15. The molecule has 0 fully saturated rings. The Morgan fingerprint density at radius 3 is 2.91 bits per heavy atom. The topological polar surface area (TPSA) is 71.2 Å². The number of anilines is 1. The van der Waals surface area contributed by atoms with Gasteiger partial charge in [0.15, 0.2) is 0 Å². The van der Waals surface area contributed by atoms with Crippen LogP contribution in [0.1, 0.15) is 23.2 Å². The number of aryl methyl sites for hydroxylation is 1. The monoisotopic (exact) mass is 296 g/mol. The highest BCUT2D eigenvalue weighted by Crippen LogP contribution is 2.33. The van der Waals surface area contributed by atoms with Crippen LogP contribution in [-0.4, -0.2) is 24.0 Å². The first-order valence-electron chi connectivity index (χ1n) is 7.04. The average Bonchev–Trinajstić information content (AvgIpc) is 3.14. The second-order valence-electron chi connectivity index (χ2n) is 5.09. The molecule has 0 saturated carbocycles. The van der Waals surface area contributed by atoms with E-state index >= 15 is 0 Å². The molecule has 5 heteroatoms. The summed E-state index contributed by atoms with van der Waals surface area (Å²) in [5.74, 6) is -0.355. The summed E-state index contributed by atoms with van der Waals surface area (Å²) in [6, 6.07) is 9.52. The average molecular weight is 296 g/mol. The van der Waals surface area contributed by atoms with Gasteiger partial charge in [-0.2, -0.15) is 0 Å². The molecule has 0 radical (unpaired) electrons. The van der Waals surface area contributed by atoms with Gasteiger partial charge in [-0.15, -0.1) is 0 Å². The Morgan fingerprint density at radius 1 is 1.32 bits per heavy atom. The largest absolute Gasteiger partial charge is 0.469 e. The molecule has 0 aliphatic carbocycles. The molecular weight excluding hydrogens is 280 g/mol. The van der Waals surface area contributed by atoms with Gasteiger partial charge in [0.2, 0.25) is 0 Å². The third-order valence-electron chi connectivity index (χ3n) is 3.63. The number of ether oxygens (including phenoxy) is 1. The van der Waals surface area contributed by atoms with Gasteiger partial charge in [-0.25, -0.2) is 0 Å². The fraction of sp³-hybridized carbons (Fsp3) is 0.176. The Balaban J connectivity index is 1.89. The molecule has 0 unspecified atom stereocenters. The van der Waals surface area contributed by atoms with Crippen molar-refractivity contribution < 1.29 is 14.3 Å². The highest BCUT2D eigenvalue weighted by molar-refractivity contribution is 6.34. The van der Waals surface area contributed by atoms with Crippen molar-refractivity contribution in [2.24, 2.45) is 0 Å². The fourth-order valence-corrected chi connectivity index (χ4v) is 2.47. The van der Waals surface area contributed by atoms with Gasteiger partial charge in [0.1, 0.15) is 0 Å². The maximum atomic E-state index is 12.1. The summed E-state index contributed by atoms with van der Waals surface area (Å²) in [6.45, 7) is 0. The SMILES string of the molecule is COC(=O)CCc1ccc2c(c1)/C(=C/c1ccc[nH]1)C(=O)N2. The number of hydrogen-bond donors (Lipinski definition) is 2. The van der Waals surface area contributed by atoms with Crippen molar-refractivity contribution in [3.8, 4) is 0 Å². The minimum Gasteiger partial charge on any atom is -0.469 e. The van der Waals surface area contributed by atoms with E-state index in [0.29, 0.717) is 18.4 Å². The number of esters is 1. The predicted octanol–water partition coefficient (Wildman–Crippen LogP) is 2.61. The molecule has 1 aliphatic heterocycles. The molecule has 1 aromatic heterocycles. The summed E-state index contributed by atoms with van der Waals surface area (Å²) < 4.78 is 4.65. The number of hydrogen-bond acceptors (Lipinski definition) is 3. The van der Waals surface area contributed by atoms with Gasteiger partial charge in [-0.05, 0) is 42.3 Å². The number of methoxy groups -OCH3 is 1. The van der Waals surface area contributed by atoms with Crippen molar-refractivity contribution in [3.63, 3.8) is 0 Å². The Morgan fingerprint density at radius 2 is 2.18 bits per heavy atom. The van der Waals surface area contributed by atoms with E-state index in [1.54, 1.807) is 0 Å². The number of benzene rings is 1. The zero-order valence-corrected chi connectivity index (χ0v) is 12.2. The highest BCUT2D eigenvalue weighted by atomic mass is 16.5. The van der Waals surface area contributed by atoms with Gasteiger partial charge in [-0.3, -0.25) is 9.59 Å². The number of rotatable bonds is 4. The molecule has 3 rings (SSSR count). The zero-order valence-electron chi connectivity index (χ0n) is 12.2. The quantitative estimate of drug-likeness (QED) is 0.673. The third-order valence-corrected chi connectivity index (χ3v) is 3.63. The molecule has 1 aromatic carbocycles. The van der Waals surface area contributed by atoms with Gasteiger partial charge in [0.05, 0.1) is 12.7 Å². The van der Waals surface area contributed by atoms with Crippen molar-refractivity contribution in [3.05, 3.63) is 53.3 Å². The summed E-state index contributed by atoms with van der Waals surface area (Å²) in [6.07, 6.45) is 4.55. The standard InChI is InChI=1S/C17H16N2O3/c1-22-16(20)7-5-11-4-6-15-13(9-11)14(17(21)19-15)10-12-3-2-8-18-12/h2-4,6,8-10,18H,5,7H2,1H3,(H,19,21)/b14-10-. The van der Waals surface area contributed by atoms with Crippen LogP contribution in [-0.2, 0) is 20.7 Å². The molecule has 112 valence electrons. The van der Waals surface area contributed by atoms with E-state index in [9.17, 15) is 9.59 Å². The van der Waals surface area contributed by atoms with E-state index in [1.807, 2.05) is 42.6 Å². The van der Waals surface area contributed by atoms with Crippen LogP contribution in [0.2, 0.25) is 0 Å². The van der Waals surface area contributed by atoms with Crippen LogP contribution in [0.4, 0.5) is 5.69 Å². The normalized spacial score (nSPS) is 14.8. The molecule has 2 N–H and O–H groups in total. The summed E-state index contributed by atoms with van der Waals surface area (Å²) >= 11 is 0. The molecule has 0 atom stereocenters. The van der Waals surface area contributed by atoms with Gasteiger partial charge in [-0.1, -0.05) is 6.07 Å². The highest BCUT2D eigenvalue weighted by Gasteiger charge is 2.24. The van der Waals surface area contributed by atoms with E-state index < -0.39 is 0 Å². The minimum atomic E-state index is -0.239. The van der Waals surface area contributed by atoms with Crippen molar-refractivity contribution in [2.75, 3.05) is 12.4 Å². The number of aromatic amines is 1. The smallest absolute Gasteiger partial charge is 0.305 e. The molecule has 1 amide bonds. The van der Waals surface area contributed by atoms with E-state index in [4.69, 9.17) is 0 Å².